The van der Waals surface area contributed by atoms with Crippen molar-refractivity contribution in [2.24, 2.45) is 5.92 Å². The van der Waals surface area contributed by atoms with E-state index in [4.69, 9.17) is 4.74 Å². The monoisotopic (exact) mass is 394 g/mol. The summed E-state index contributed by atoms with van der Waals surface area (Å²) in [6, 6.07) is 0. The molecule has 1 aliphatic carbocycles. The van der Waals surface area contributed by atoms with Gasteiger partial charge in [0.25, 0.3) is 5.97 Å². The molecule has 0 aromatic carbocycles. The predicted octanol–water partition coefficient (Wildman–Crippen LogP) is 7.12. The van der Waals surface area contributed by atoms with Gasteiger partial charge in [0, 0.05) is 18.5 Å². The van der Waals surface area contributed by atoms with Crippen LogP contribution in [-0.2, 0) is 9.53 Å². The molecule has 0 aliphatic heterocycles. The van der Waals surface area contributed by atoms with Crippen molar-refractivity contribution in [1.82, 2.24) is 0 Å². The summed E-state index contributed by atoms with van der Waals surface area (Å²) in [6.07, 6.45) is 22.7. The molecule has 0 spiro atoms. The number of hydrogen-bond acceptors (Lipinski definition) is 2. The molecule has 2 radical (unpaired) electrons. The lowest BCUT2D eigenvalue weighted by Crippen LogP contribution is -2.23. The van der Waals surface area contributed by atoms with Crippen LogP contribution < -0.4 is 0 Å². The van der Waals surface area contributed by atoms with Crippen LogP contribution in [0.3, 0.4) is 0 Å². The van der Waals surface area contributed by atoms with Gasteiger partial charge in [0.05, 0.1) is 7.11 Å². The topological polar surface area (TPSA) is 26.3 Å². The molecular weight excluding hydrogens is 350 g/mol. The molecule has 1 fully saturated rings. The predicted molar refractivity (Wildman–Crippen MR) is 123 cm³/mol. The fraction of sp³-hybridized carbons (Fsp3) is 0.870. The van der Waals surface area contributed by atoms with E-state index in [9.17, 15) is 4.79 Å². The van der Waals surface area contributed by atoms with E-state index in [0.717, 1.165) is 0 Å². The molecule has 27 heavy (non-hydrogen) atoms. The van der Waals surface area contributed by atoms with Gasteiger partial charge in [-0.3, -0.25) is 4.79 Å². The molecule has 0 N–H and O–H groups in total. The van der Waals surface area contributed by atoms with E-state index >= 15 is 0 Å². The average Bonchev–Trinajstić information content (AvgIpc) is 2.72. The van der Waals surface area contributed by atoms with Crippen LogP contribution in [0.1, 0.15) is 91.4 Å². The third-order valence-electron chi connectivity index (χ3n) is 6.06. The summed E-state index contributed by atoms with van der Waals surface area (Å²) in [6.45, 7) is 9.36. The number of ether oxygens (including phenoxy) is 1. The highest BCUT2D eigenvalue weighted by atomic mass is 31.2. The molecule has 1 unspecified atom stereocenters. The van der Waals surface area contributed by atoms with Crippen LogP contribution in [0.4, 0.5) is 0 Å². The fourth-order valence-corrected chi connectivity index (χ4v) is 9.11. The number of carbonyl (C=O) groups is 1. The van der Waals surface area contributed by atoms with Crippen molar-refractivity contribution in [3.8, 4) is 0 Å². The molecule has 0 aromatic rings. The molecule has 1 aliphatic rings. The van der Waals surface area contributed by atoms with Crippen LogP contribution in [0.25, 0.3) is 0 Å². The molecule has 4 heteroatoms. The van der Waals surface area contributed by atoms with Crippen LogP contribution in [0.2, 0.25) is 5.82 Å². The second kappa shape index (κ2) is 14.7. The average molecular weight is 394 g/mol. The van der Waals surface area contributed by atoms with Gasteiger partial charge in [-0.25, -0.2) is 7.14 Å². The van der Waals surface area contributed by atoms with Crippen LogP contribution in [0.5, 0.6) is 0 Å². The van der Waals surface area contributed by atoms with Crippen molar-refractivity contribution in [2.45, 2.75) is 97.2 Å². The minimum absolute atomic E-state index is 0.0593. The Morgan fingerprint density at radius 1 is 1.00 bits per heavy atom. The second-order valence-electron chi connectivity index (χ2n) is 8.43. The number of allylic oxidation sites excluding steroid dienone is 1. The maximum atomic E-state index is 12.6. The van der Waals surface area contributed by atoms with E-state index in [1.165, 1.54) is 89.1 Å². The van der Waals surface area contributed by atoms with Crippen molar-refractivity contribution >= 4 is 20.1 Å². The standard InChI is InChI=1S/C23H44BO2P/c1-5-8-18-27(19-9-6-2,20-10-7-3)24-22(23(25)26-4)17-16-21-14-12-11-13-15-21/h16-17,21-22H,5-15,18-20H2,1-4H3/b17-16+. The number of carbonyl (C=O) groups excluding carboxylic acids is 1. The van der Waals surface area contributed by atoms with Gasteiger partial charge >= 0.3 is 0 Å². The summed E-state index contributed by atoms with van der Waals surface area (Å²) >= 11 is 0. The van der Waals surface area contributed by atoms with Crippen molar-refractivity contribution in [3.63, 3.8) is 0 Å². The molecule has 1 atom stereocenters. The van der Waals surface area contributed by atoms with E-state index in [1.54, 1.807) is 7.11 Å². The molecule has 0 bridgehead atoms. The highest BCUT2D eigenvalue weighted by Gasteiger charge is 2.28. The van der Waals surface area contributed by atoms with E-state index in [0.29, 0.717) is 5.92 Å². The van der Waals surface area contributed by atoms with Gasteiger partial charge in [-0.1, -0.05) is 78.2 Å². The minimum atomic E-state index is -1.22. The summed E-state index contributed by atoms with van der Waals surface area (Å²) in [5.41, 5.74) is 0. The van der Waals surface area contributed by atoms with Crippen molar-refractivity contribution < 1.29 is 9.53 Å². The van der Waals surface area contributed by atoms with Gasteiger partial charge in [-0.15, -0.1) is 6.08 Å². The van der Waals surface area contributed by atoms with E-state index in [2.05, 4.69) is 39.9 Å². The summed E-state index contributed by atoms with van der Waals surface area (Å²) in [4.78, 5) is 12.6. The molecule has 0 saturated heterocycles. The molecule has 2 nitrogen and oxygen atoms in total. The van der Waals surface area contributed by atoms with E-state index in [1.807, 2.05) is 0 Å². The van der Waals surface area contributed by atoms with E-state index < -0.39 is 7.14 Å². The SMILES string of the molecule is CCCC[P+]([B-]C(/C=C/C1CCCCC1)C(=O)OC)(CCCC)CCCC. The van der Waals surface area contributed by atoms with Gasteiger partial charge in [0.2, 0.25) is 0 Å². The third-order valence-corrected chi connectivity index (χ3v) is 10.6. The van der Waals surface area contributed by atoms with Crippen LogP contribution >= 0.6 is 7.14 Å². The Balaban J connectivity index is 2.94. The zero-order valence-corrected chi connectivity index (χ0v) is 19.4. The quantitative estimate of drug-likeness (QED) is 0.136. The number of unbranched alkanes of at least 4 members (excludes halogenated alkanes) is 3. The van der Waals surface area contributed by atoms with Gasteiger partial charge in [-0.2, -0.15) is 0 Å². The molecule has 0 amide bonds. The molecule has 0 aromatic heterocycles. The number of hydrogen-bond donors (Lipinski definition) is 0. The molecule has 0 heterocycles. The first-order valence-corrected chi connectivity index (χ1v) is 14.0. The Morgan fingerprint density at radius 3 is 1.96 bits per heavy atom. The first-order chi connectivity index (χ1) is 13.1. The van der Waals surface area contributed by atoms with Crippen molar-refractivity contribution in [3.05, 3.63) is 12.2 Å². The molecular formula is C23H44BO2P. The Labute approximate surface area is 170 Å². The Kier molecular flexibility index (Phi) is 13.4. The normalized spacial score (nSPS) is 17.3. The Morgan fingerprint density at radius 2 is 1.52 bits per heavy atom. The van der Waals surface area contributed by atoms with E-state index in [-0.39, 0.29) is 11.8 Å². The molecule has 1 rings (SSSR count). The van der Waals surface area contributed by atoms with Crippen LogP contribution in [0.15, 0.2) is 12.2 Å². The lowest BCUT2D eigenvalue weighted by molar-refractivity contribution is -0.139. The summed E-state index contributed by atoms with van der Waals surface area (Å²) in [5, 5.41) is 0. The third kappa shape index (κ3) is 9.64. The molecule has 1 saturated carbocycles. The zero-order chi connectivity index (χ0) is 20.0. The summed E-state index contributed by atoms with van der Waals surface area (Å²) in [7, 11) is 0.328. The van der Waals surface area contributed by atoms with Gasteiger partial charge < -0.3 is 4.74 Å². The highest BCUT2D eigenvalue weighted by molar-refractivity contribution is 8.00. The van der Waals surface area contributed by atoms with Crippen LogP contribution in [-0.4, -0.2) is 38.6 Å². The highest BCUT2D eigenvalue weighted by Crippen LogP contribution is 2.61. The minimum Gasteiger partial charge on any atom is -0.471 e. The van der Waals surface area contributed by atoms with Gasteiger partial charge in [-0.05, 0) is 38.0 Å². The summed E-state index contributed by atoms with van der Waals surface area (Å²) in [5.74, 6) is 0.459. The fourth-order valence-electron chi connectivity index (χ4n) is 4.25. The smallest absolute Gasteiger partial charge is 0.274 e. The lowest BCUT2D eigenvalue weighted by atomic mass is 9.82. The number of methoxy groups -OCH3 is 1. The Hall–Kier alpha value is -0.295. The molecule has 156 valence electrons. The first kappa shape index (κ1) is 24.7. The number of rotatable bonds is 14. The van der Waals surface area contributed by atoms with Crippen LogP contribution in [0, 0.1) is 5.92 Å². The van der Waals surface area contributed by atoms with Crippen molar-refractivity contribution in [2.75, 3.05) is 25.6 Å². The van der Waals surface area contributed by atoms with Gasteiger partial charge in [0.1, 0.15) is 0 Å². The maximum Gasteiger partial charge on any atom is 0.274 e. The van der Waals surface area contributed by atoms with Gasteiger partial charge in [0.15, 0.2) is 0 Å². The summed E-state index contributed by atoms with van der Waals surface area (Å²) < 4.78 is 5.21. The second-order valence-corrected chi connectivity index (χ2v) is 12.5. The Bertz CT molecular complexity index is 397. The first-order valence-electron chi connectivity index (χ1n) is 11.6. The zero-order valence-electron chi connectivity index (χ0n) is 18.5. The number of esters is 1. The largest absolute Gasteiger partial charge is 0.471 e. The maximum absolute atomic E-state index is 12.6. The lowest BCUT2D eigenvalue weighted by Gasteiger charge is -2.42. The van der Waals surface area contributed by atoms with Crippen molar-refractivity contribution in [1.29, 1.82) is 0 Å².